The summed E-state index contributed by atoms with van der Waals surface area (Å²) in [5, 5.41) is 14.0. The molecule has 0 bridgehead atoms. The van der Waals surface area contributed by atoms with Gasteiger partial charge in [-0.05, 0) is 49.0 Å². The van der Waals surface area contributed by atoms with Crippen LogP contribution in [0.4, 0.5) is 10.8 Å². The van der Waals surface area contributed by atoms with Crippen LogP contribution in [0.5, 0.6) is 0 Å². The monoisotopic (exact) mass is 343 g/mol. The average Bonchev–Trinajstić information content (AvgIpc) is 2.94. The van der Waals surface area contributed by atoms with Crippen molar-refractivity contribution < 1.29 is 9.72 Å². The largest absolute Gasteiger partial charge is 0.298 e. The number of fused-ring (bicyclic) bond motifs is 1. The molecule has 1 aliphatic rings. The quantitative estimate of drug-likeness (QED) is 0.519. The lowest BCUT2D eigenvalue weighted by molar-refractivity contribution is -0.384. The first-order valence-corrected chi connectivity index (χ1v) is 8.55. The van der Waals surface area contributed by atoms with Crippen LogP contribution in [0.15, 0.2) is 30.3 Å². The van der Waals surface area contributed by atoms with Crippen LogP contribution in [0.1, 0.15) is 29.5 Å². The number of hydrogen-bond donors (Lipinski definition) is 1. The number of amides is 1. The molecule has 24 heavy (non-hydrogen) atoms. The Hall–Kier alpha value is -2.54. The second-order valence-electron chi connectivity index (χ2n) is 5.91. The highest BCUT2D eigenvalue weighted by molar-refractivity contribution is 7.15. The zero-order valence-electron chi connectivity index (χ0n) is 13.2. The molecule has 1 unspecified atom stereocenters. The Balaban J connectivity index is 1.62. The third-order valence-corrected chi connectivity index (χ3v) is 4.98. The zero-order valence-corrected chi connectivity index (χ0v) is 14.0. The van der Waals surface area contributed by atoms with E-state index < -0.39 is 4.92 Å². The van der Waals surface area contributed by atoms with Gasteiger partial charge in [-0.2, -0.15) is 0 Å². The van der Waals surface area contributed by atoms with E-state index in [1.165, 1.54) is 23.1 Å². The lowest BCUT2D eigenvalue weighted by Crippen LogP contribution is -2.09. The van der Waals surface area contributed by atoms with Crippen molar-refractivity contribution in [2.45, 2.75) is 26.2 Å². The fourth-order valence-electron chi connectivity index (χ4n) is 2.62. The SMILES string of the molecule is CC1CCc2nc(NC(=O)C=Cc3ccc([N+](=O)[O-])cc3)sc2C1. The van der Waals surface area contributed by atoms with Gasteiger partial charge in [-0.3, -0.25) is 20.2 Å². The minimum Gasteiger partial charge on any atom is -0.298 e. The molecule has 124 valence electrons. The number of carbonyl (C=O) groups excluding carboxylic acids is 1. The molecule has 1 amide bonds. The van der Waals surface area contributed by atoms with Gasteiger partial charge in [0.25, 0.3) is 5.69 Å². The summed E-state index contributed by atoms with van der Waals surface area (Å²) in [6.45, 7) is 2.23. The third-order valence-electron chi connectivity index (χ3n) is 3.95. The van der Waals surface area contributed by atoms with Crippen LogP contribution in [-0.2, 0) is 17.6 Å². The van der Waals surface area contributed by atoms with E-state index in [4.69, 9.17) is 0 Å². The van der Waals surface area contributed by atoms with Crippen LogP contribution in [0.2, 0.25) is 0 Å². The molecule has 1 aromatic heterocycles. The number of benzene rings is 1. The number of hydrogen-bond acceptors (Lipinski definition) is 5. The van der Waals surface area contributed by atoms with Gasteiger partial charge in [0.15, 0.2) is 5.13 Å². The Morgan fingerprint density at radius 1 is 1.42 bits per heavy atom. The van der Waals surface area contributed by atoms with E-state index >= 15 is 0 Å². The summed E-state index contributed by atoms with van der Waals surface area (Å²) in [6, 6.07) is 6.03. The van der Waals surface area contributed by atoms with E-state index in [2.05, 4.69) is 17.2 Å². The summed E-state index contributed by atoms with van der Waals surface area (Å²) in [4.78, 5) is 27.9. The fourth-order valence-corrected chi connectivity index (χ4v) is 3.79. The van der Waals surface area contributed by atoms with Crippen LogP contribution >= 0.6 is 11.3 Å². The van der Waals surface area contributed by atoms with Crippen molar-refractivity contribution in [3.05, 3.63) is 56.6 Å². The molecule has 0 radical (unpaired) electrons. The second-order valence-corrected chi connectivity index (χ2v) is 6.99. The molecule has 3 rings (SSSR count). The molecule has 1 aliphatic carbocycles. The summed E-state index contributed by atoms with van der Waals surface area (Å²) in [5.74, 6) is 0.413. The maximum Gasteiger partial charge on any atom is 0.269 e. The summed E-state index contributed by atoms with van der Waals surface area (Å²) in [7, 11) is 0. The number of nitro groups is 1. The van der Waals surface area contributed by atoms with Crippen LogP contribution in [0, 0.1) is 16.0 Å². The molecule has 1 aromatic carbocycles. The maximum absolute atomic E-state index is 12.0. The Morgan fingerprint density at radius 2 is 2.17 bits per heavy atom. The molecule has 6 nitrogen and oxygen atoms in total. The zero-order chi connectivity index (χ0) is 17.1. The van der Waals surface area contributed by atoms with Gasteiger partial charge < -0.3 is 0 Å². The van der Waals surface area contributed by atoms with Crippen molar-refractivity contribution in [2.24, 2.45) is 5.92 Å². The number of rotatable bonds is 4. The summed E-state index contributed by atoms with van der Waals surface area (Å²) >= 11 is 1.54. The fraction of sp³-hybridized carbons (Fsp3) is 0.294. The highest BCUT2D eigenvalue weighted by Crippen LogP contribution is 2.32. The number of anilines is 1. The Labute approximate surface area is 143 Å². The summed E-state index contributed by atoms with van der Waals surface area (Å²) in [6.07, 6.45) is 6.17. The molecule has 1 heterocycles. The Kier molecular flexibility index (Phi) is 4.71. The van der Waals surface area contributed by atoms with Gasteiger partial charge in [0.1, 0.15) is 0 Å². The number of thiazole rings is 1. The Bertz CT molecular complexity index is 796. The number of aromatic nitrogens is 1. The summed E-state index contributed by atoms with van der Waals surface area (Å²) < 4.78 is 0. The molecule has 2 aromatic rings. The lowest BCUT2D eigenvalue weighted by atomic mass is 9.93. The van der Waals surface area contributed by atoms with Crippen LogP contribution in [0.3, 0.4) is 0 Å². The first kappa shape index (κ1) is 16.3. The third kappa shape index (κ3) is 3.86. The number of carbonyl (C=O) groups is 1. The molecule has 1 N–H and O–H groups in total. The van der Waals surface area contributed by atoms with Gasteiger partial charge in [0.2, 0.25) is 5.91 Å². The number of nitrogens with zero attached hydrogens (tertiary/aromatic N) is 2. The number of aryl methyl sites for hydroxylation is 1. The van der Waals surface area contributed by atoms with E-state index in [-0.39, 0.29) is 11.6 Å². The second kappa shape index (κ2) is 6.92. The van der Waals surface area contributed by atoms with Gasteiger partial charge in [-0.25, -0.2) is 4.98 Å². The number of nitrogens with one attached hydrogen (secondary N) is 1. The van der Waals surface area contributed by atoms with Crippen LogP contribution in [0.25, 0.3) is 6.08 Å². The smallest absolute Gasteiger partial charge is 0.269 e. The average molecular weight is 343 g/mol. The minimum atomic E-state index is -0.453. The first-order chi connectivity index (χ1) is 11.5. The van der Waals surface area contributed by atoms with Gasteiger partial charge in [-0.15, -0.1) is 11.3 Å². The van der Waals surface area contributed by atoms with E-state index in [0.29, 0.717) is 11.0 Å². The standard InChI is InChI=1S/C17H17N3O3S/c1-11-2-8-14-15(10-11)24-17(18-14)19-16(21)9-5-12-3-6-13(7-4-12)20(22)23/h3-7,9,11H,2,8,10H2,1H3,(H,18,19,21). The normalized spacial score (nSPS) is 16.8. The van der Waals surface area contributed by atoms with E-state index in [1.807, 2.05) is 0 Å². The minimum absolute atomic E-state index is 0.0270. The molecule has 7 heteroatoms. The highest BCUT2D eigenvalue weighted by atomic mass is 32.1. The predicted molar refractivity (Wildman–Crippen MR) is 94.1 cm³/mol. The molecule has 0 saturated heterocycles. The molecule has 0 spiro atoms. The van der Waals surface area contributed by atoms with Gasteiger partial charge >= 0.3 is 0 Å². The van der Waals surface area contributed by atoms with E-state index in [9.17, 15) is 14.9 Å². The Morgan fingerprint density at radius 3 is 2.88 bits per heavy atom. The maximum atomic E-state index is 12.0. The van der Waals surface area contributed by atoms with Crippen molar-refractivity contribution in [1.82, 2.24) is 4.98 Å². The molecule has 0 saturated carbocycles. The lowest BCUT2D eigenvalue weighted by Gasteiger charge is -2.15. The summed E-state index contributed by atoms with van der Waals surface area (Å²) in [5.41, 5.74) is 1.86. The van der Waals surface area contributed by atoms with Crippen molar-refractivity contribution >= 4 is 34.1 Å². The van der Waals surface area contributed by atoms with Crippen molar-refractivity contribution in [1.29, 1.82) is 0 Å². The highest BCUT2D eigenvalue weighted by Gasteiger charge is 2.20. The van der Waals surface area contributed by atoms with Crippen LogP contribution in [-0.4, -0.2) is 15.8 Å². The molecular weight excluding hydrogens is 326 g/mol. The molecular formula is C17H17N3O3S. The van der Waals surface area contributed by atoms with Crippen molar-refractivity contribution in [3.8, 4) is 0 Å². The van der Waals surface area contributed by atoms with Crippen molar-refractivity contribution in [3.63, 3.8) is 0 Å². The van der Waals surface area contributed by atoms with Crippen molar-refractivity contribution in [2.75, 3.05) is 5.32 Å². The van der Waals surface area contributed by atoms with E-state index in [1.54, 1.807) is 29.5 Å². The predicted octanol–water partition coefficient (Wildman–Crippen LogP) is 3.83. The van der Waals surface area contributed by atoms with E-state index in [0.717, 1.165) is 30.5 Å². The first-order valence-electron chi connectivity index (χ1n) is 7.73. The number of nitro benzene ring substituents is 1. The molecule has 0 fully saturated rings. The molecule has 0 aliphatic heterocycles. The van der Waals surface area contributed by atoms with Gasteiger partial charge in [0, 0.05) is 23.1 Å². The molecule has 1 atom stereocenters. The van der Waals surface area contributed by atoms with Crippen LogP contribution < -0.4 is 5.32 Å². The topological polar surface area (TPSA) is 85.1 Å². The van der Waals surface area contributed by atoms with Gasteiger partial charge in [0.05, 0.1) is 10.6 Å². The number of non-ortho nitro benzene ring substituents is 1. The van der Waals surface area contributed by atoms with Gasteiger partial charge in [-0.1, -0.05) is 6.92 Å².